The molecule has 0 saturated heterocycles. The summed E-state index contributed by atoms with van der Waals surface area (Å²) in [4.78, 5) is 4.33. The summed E-state index contributed by atoms with van der Waals surface area (Å²) in [6, 6.07) is 5.05. The second-order valence-corrected chi connectivity index (χ2v) is 4.44. The minimum absolute atomic E-state index is 0. The van der Waals surface area contributed by atoms with E-state index in [-0.39, 0.29) is 12.4 Å². The minimum atomic E-state index is -4.30. The second-order valence-electron chi connectivity index (χ2n) is 4.17. The van der Waals surface area contributed by atoms with Crippen LogP contribution in [0.4, 0.5) is 13.2 Å². The molecule has 104 valence electrons. The summed E-state index contributed by atoms with van der Waals surface area (Å²) in [5, 5.41) is 0. The molecule has 1 aliphatic rings. The smallest absolute Gasteiger partial charge is 0.256 e. The molecule has 1 aromatic carbocycles. The molecule has 0 amide bonds. The van der Waals surface area contributed by atoms with Gasteiger partial charge in [-0.3, -0.25) is 4.99 Å². The highest BCUT2D eigenvalue weighted by Gasteiger charge is 2.30. The Morgan fingerprint density at radius 3 is 2.21 bits per heavy atom. The Morgan fingerprint density at radius 2 is 1.79 bits per heavy atom. The molecule has 0 radical (unpaired) electrons. The van der Waals surface area contributed by atoms with E-state index in [4.69, 9.17) is 11.6 Å². The van der Waals surface area contributed by atoms with E-state index in [1.807, 2.05) is 6.92 Å². The van der Waals surface area contributed by atoms with Crippen LogP contribution in [0.2, 0.25) is 0 Å². The zero-order valence-electron chi connectivity index (χ0n) is 10.1. The van der Waals surface area contributed by atoms with E-state index in [1.54, 1.807) is 0 Å². The Kier molecular flexibility index (Phi) is 5.04. The lowest BCUT2D eigenvalue weighted by Crippen LogP contribution is -2.05. The number of nitrogens with zero attached hydrogens (tertiary/aromatic N) is 1. The summed E-state index contributed by atoms with van der Waals surface area (Å²) in [6.45, 7) is 1.93. The van der Waals surface area contributed by atoms with Crippen LogP contribution < -0.4 is 0 Å². The fraction of sp³-hybridized carbons (Fsp3) is 0.308. The van der Waals surface area contributed by atoms with E-state index in [0.29, 0.717) is 17.9 Å². The molecule has 0 atom stereocenters. The van der Waals surface area contributed by atoms with E-state index in [1.165, 1.54) is 12.1 Å². The van der Waals surface area contributed by atoms with Crippen molar-refractivity contribution < 1.29 is 13.2 Å². The number of halogens is 5. The Bertz CT molecular complexity index is 516. The second kappa shape index (κ2) is 5.97. The van der Waals surface area contributed by atoms with Crippen LogP contribution in [0.5, 0.6) is 0 Å². The Labute approximate surface area is 120 Å². The van der Waals surface area contributed by atoms with Crippen molar-refractivity contribution in [1.82, 2.24) is 0 Å². The van der Waals surface area contributed by atoms with Crippen LogP contribution in [-0.4, -0.2) is 11.6 Å². The van der Waals surface area contributed by atoms with Crippen LogP contribution in [0.15, 0.2) is 40.5 Å². The van der Waals surface area contributed by atoms with Crippen LogP contribution >= 0.6 is 24.0 Å². The van der Waals surface area contributed by atoms with Gasteiger partial charge in [0, 0.05) is 6.42 Å². The van der Waals surface area contributed by atoms with Crippen molar-refractivity contribution in [1.29, 1.82) is 0 Å². The summed E-state index contributed by atoms with van der Waals surface area (Å²) in [5.74, 6) is 0.329. The summed E-state index contributed by atoms with van der Waals surface area (Å²) < 4.78 is 37.3. The largest absolute Gasteiger partial charge is 0.416 e. The molecule has 0 saturated carbocycles. The first-order valence-electron chi connectivity index (χ1n) is 5.41. The van der Waals surface area contributed by atoms with Crippen molar-refractivity contribution in [3.63, 3.8) is 0 Å². The zero-order chi connectivity index (χ0) is 13.3. The topological polar surface area (TPSA) is 12.4 Å². The summed E-state index contributed by atoms with van der Waals surface area (Å²) >= 11 is 5.73. The monoisotopic (exact) mass is 309 g/mol. The van der Waals surface area contributed by atoms with E-state index in [2.05, 4.69) is 4.99 Å². The highest BCUT2D eigenvalue weighted by Crippen LogP contribution is 2.30. The molecule has 2 rings (SSSR count). The van der Waals surface area contributed by atoms with Gasteiger partial charge in [0.05, 0.1) is 22.9 Å². The van der Waals surface area contributed by atoms with Gasteiger partial charge in [0.2, 0.25) is 0 Å². The van der Waals surface area contributed by atoms with Crippen molar-refractivity contribution in [3.8, 4) is 0 Å². The van der Waals surface area contributed by atoms with Gasteiger partial charge < -0.3 is 0 Å². The molecule has 1 nitrogen and oxygen atoms in total. The normalized spacial score (nSPS) is 15.3. The third kappa shape index (κ3) is 3.51. The highest BCUT2D eigenvalue weighted by atomic mass is 35.5. The van der Waals surface area contributed by atoms with E-state index in [9.17, 15) is 13.2 Å². The number of rotatable bonds is 2. The molecule has 0 fully saturated rings. The number of hydrogen-bond donors (Lipinski definition) is 0. The Hall–Kier alpha value is -1.00. The lowest BCUT2D eigenvalue weighted by atomic mass is 10.0. The van der Waals surface area contributed by atoms with Gasteiger partial charge in [-0.05, 0) is 30.2 Å². The van der Waals surface area contributed by atoms with Gasteiger partial charge in [0.1, 0.15) is 0 Å². The average Bonchev–Trinajstić information content (AvgIpc) is 2.69. The van der Waals surface area contributed by atoms with Crippen molar-refractivity contribution in [2.45, 2.75) is 19.5 Å². The van der Waals surface area contributed by atoms with Crippen molar-refractivity contribution in [2.75, 3.05) is 5.88 Å². The standard InChI is InChI=1S/C13H11ClF3N.ClH/c1-8-6-11(18-12(8)7-14)9-2-4-10(5-3-9)13(15,16)17;/h2-5H,6-7H2,1H3;1H. The molecular weight excluding hydrogens is 298 g/mol. The fourth-order valence-corrected chi connectivity index (χ4v) is 2.10. The van der Waals surface area contributed by atoms with Crippen LogP contribution in [-0.2, 0) is 6.18 Å². The van der Waals surface area contributed by atoms with Gasteiger partial charge in [-0.1, -0.05) is 12.1 Å². The van der Waals surface area contributed by atoms with Gasteiger partial charge in [-0.2, -0.15) is 13.2 Å². The highest BCUT2D eigenvalue weighted by molar-refractivity contribution is 6.20. The maximum atomic E-state index is 12.4. The molecule has 0 unspecified atom stereocenters. The molecule has 0 spiro atoms. The first-order valence-corrected chi connectivity index (χ1v) is 5.95. The summed E-state index contributed by atoms with van der Waals surface area (Å²) in [6.07, 6.45) is -3.65. The van der Waals surface area contributed by atoms with Crippen LogP contribution in [0.25, 0.3) is 0 Å². The molecule has 0 aliphatic carbocycles. The lowest BCUT2D eigenvalue weighted by molar-refractivity contribution is -0.137. The quantitative estimate of drug-likeness (QED) is 0.694. The van der Waals surface area contributed by atoms with Gasteiger partial charge in [-0.25, -0.2) is 0 Å². The predicted octanol–water partition coefficient (Wildman–Crippen LogP) is 4.83. The Balaban J connectivity index is 0.00000180. The fourth-order valence-electron chi connectivity index (χ4n) is 1.81. The molecule has 0 N–H and O–H groups in total. The van der Waals surface area contributed by atoms with Gasteiger partial charge in [0.25, 0.3) is 0 Å². The van der Waals surface area contributed by atoms with Gasteiger partial charge >= 0.3 is 6.18 Å². The minimum Gasteiger partial charge on any atom is -0.256 e. The molecule has 1 aromatic rings. The number of benzene rings is 1. The average molecular weight is 310 g/mol. The number of allylic oxidation sites excluding steroid dienone is 2. The first-order chi connectivity index (χ1) is 8.41. The third-order valence-corrected chi connectivity index (χ3v) is 3.12. The predicted molar refractivity (Wildman–Crippen MR) is 73.3 cm³/mol. The molecule has 1 aliphatic heterocycles. The maximum Gasteiger partial charge on any atom is 0.416 e. The van der Waals surface area contributed by atoms with Crippen LogP contribution in [0.1, 0.15) is 24.5 Å². The summed E-state index contributed by atoms with van der Waals surface area (Å²) in [5.41, 5.74) is 2.72. The summed E-state index contributed by atoms with van der Waals surface area (Å²) in [7, 11) is 0. The first kappa shape index (κ1) is 16.1. The maximum absolute atomic E-state index is 12.4. The molecule has 19 heavy (non-hydrogen) atoms. The number of aliphatic imine (C=N–C) groups is 1. The zero-order valence-corrected chi connectivity index (χ0v) is 11.7. The molecule has 6 heteroatoms. The molecule has 1 heterocycles. The van der Waals surface area contributed by atoms with Crippen molar-refractivity contribution in [2.24, 2.45) is 4.99 Å². The third-order valence-electron chi connectivity index (χ3n) is 2.87. The van der Waals surface area contributed by atoms with Crippen molar-refractivity contribution in [3.05, 3.63) is 46.7 Å². The number of alkyl halides is 4. The molecule has 0 aromatic heterocycles. The van der Waals surface area contributed by atoms with Crippen LogP contribution in [0, 0.1) is 0 Å². The van der Waals surface area contributed by atoms with E-state index >= 15 is 0 Å². The SMILES string of the molecule is CC1=C(CCl)N=C(c2ccc(C(F)(F)F)cc2)C1.Cl. The van der Waals surface area contributed by atoms with E-state index < -0.39 is 11.7 Å². The molecular formula is C13H12Cl2F3N. The van der Waals surface area contributed by atoms with Gasteiger partial charge in [0.15, 0.2) is 0 Å². The van der Waals surface area contributed by atoms with Crippen LogP contribution in [0.3, 0.4) is 0 Å². The van der Waals surface area contributed by atoms with Gasteiger partial charge in [-0.15, -0.1) is 24.0 Å². The number of hydrogen-bond acceptors (Lipinski definition) is 1. The van der Waals surface area contributed by atoms with E-state index in [0.717, 1.165) is 29.1 Å². The lowest BCUT2D eigenvalue weighted by Gasteiger charge is -2.07. The van der Waals surface area contributed by atoms with Crippen molar-refractivity contribution >= 4 is 29.7 Å². The Morgan fingerprint density at radius 1 is 1.21 bits per heavy atom. The molecule has 0 bridgehead atoms.